The Kier molecular flexibility index (Phi) is 3.70. The Labute approximate surface area is 138 Å². The minimum atomic E-state index is -0.229. The molecule has 0 unspecified atom stereocenters. The smallest absolute Gasteiger partial charge is 0.227 e. The van der Waals surface area contributed by atoms with Gasteiger partial charge in [-0.15, -0.1) is 0 Å². The number of halogens is 1. The summed E-state index contributed by atoms with van der Waals surface area (Å²) in [7, 11) is 1.99. The van der Waals surface area contributed by atoms with E-state index in [9.17, 15) is 9.18 Å². The monoisotopic (exact) mass is 315 g/mol. The van der Waals surface area contributed by atoms with E-state index < -0.39 is 0 Å². The molecular formula is C20H26FNO. The second kappa shape index (κ2) is 5.61. The van der Waals surface area contributed by atoms with Crippen LogP contribution in [0, 0.1) is 36.4 Å². The fourth-order valence-corrected chi connectivity index (χ4v) is 5.84. The van der Waals surface area contributed by atoms with Gasteiger partial charge in [0.05, 0.1) is 6.42 Å². The molecule has 3 heteroatoms. The molecule has 0 radical (unpaired) electrons. The Morgan fingerprint density at radius 1 is 1.13 bits per heavy atom. The zero-order chi connectivity index (χ0) is 16.1. The normalized spacial score (nSPS) is 34.7. The maximum absolute atomic E-state index is 13.2. The molecule has 0 aliphatic heterocycles. The Balaban J connectivity index is 1.48. The molecule has 4 saturated carbocycles. The van der Waals surface area contributed by atoms with Gasteiger partial charge in [0.15, 0.2) is 0 Å². The third-order valence-electron chi connectivity index (χ3n) is 6.66. The number of carbonyl (C=O) groups is 1. The first kappa shape index (κ1) is 15.2. The van der Waals surface area contributed by atoms with Crippen molar-refractivity contribution < 1.29 is 9.18 Å². The summed E-state index contributed by atoms with van der Waals surface area (Å²) in [6.07, 6.45) is 7.13. The highest BCUT2D eigenvalue weighted by Gasteiger charge is 2.50. The molecule has 4 aliphatic rings. The van der Waals surface area contributed by atoms with Crippen molar-refractivity contribution in [3.8, 4) is 0 Å². The second-order valence-corrected chi connectivity index (χ2v) is 8.17. The van der Waals surface area contributed by atoms with Gasteiger partial charge in [0, 0.05) is 13.1 Å². The number of rotatable bonds is 3. The van der Waals surface area contributed by atoms with Gasteiger partial charge >= 0.3 is 0 Å². The van der Waals surface area contributed by atoms with Crippen LogP contribution >= 0.6 is 0 Å². The van der Waals surface area contributed by atoms with E-state index >= 15 is 0 Å². The lowest BCUT2D eigenvalue weighted by Crippen LogP contribution is -2.56. The third-order valence-corrected chi connectivity index (χ3v) is 6.66. The highest BCUT2D eigenvalue weighted by Crippen LogP contribution is 2.55. The first-order valence-corrected chi connectivity index (χ1v) is 9.02. The minimum Gasteiger partial charge on any atom is -0.342 e. The zero-order valence-corrected chi connectivity index (χ0v) is 14.1. The zero-order valence-electron chi connectivity index (χ0n) is 14.1. The van der Waals surface area contributed by atoms with Crippen LogP contribution in [0.5, 0.6) is 0 Å². The topological polar surface area (TPSA) is 20.3 Å². The quantitative estimate of drug-likeness (QED) is 0.827. The van der Waals surface area contributed by atoms with Crippen LogP contribution in [0.15, 0.2) is 18.2 Å². The minimum absolute atomic E-state index is 0.192. The van der Waals surface area contributed by atoms with E-state index in [1.165, 1.54) is 44.2 Å². The van der Waals surface area contributed by atoms with Crippen molar-refractivity contribution in [3.63, 3.8) is 0 Å². The van der Waals surface area contributed by atoms with Crippen LogP contribution in [0.4, 0.5) is 4.39 Å². The highest BCUT2D eigenvalue weighted by molar-refractivity contribution is 5.79. The number of likely N-dealkylation sites (N-methyl/N-ethyl adjacent to an activating group) is 1. The van der Waals surface area contributed by atoms with Crippen LogP contribution in [0.1, 0.15) is 43.2 Å². The van der Waals surface area contributed by atoms with Crippen molar-refractivity contribution in [3.05, 3.63) is 35.1 Å². The standard InChI is InChI=1S/C20H26FNO/c1-12-5-18(21)4-3-15(12)11-19(23)22(2)20-16-7-13-6-14(9-16)10-17(20)8-13/h3-5,13-14,16-17,20H,6-11H2,1-2H3. The maximum Gasteiger partial charge on any atom is 0.227 e. The Hall–Kier alpha value is -1.38. The van der Waals surface area contributed by atoms with E-state index in [1.54, 1.807) is 6.07 Å². The Morgan fingerprint density at radius 2 is 1.74 bits per heavy atom. The van der Waals surface area contributed by atoms with Gasteiger partial charge in [-0.05, 0) is 86.0 Å². The molecule has 0 heterocycles. The summed E-state index contributed by atoms with van der Waals surface area (Å²) in [6.45, 7) is 1.88. The molecule has 124 valence electrons. The molecule has 4 aliphatic carbocycles. The van der Waals surface area contributed by atoms with Gasteiger partial charge in [0.2, 0.25) is 5.91 Å². The van der Waals surface area contributed by atoms with E-state index in [4.69, 9.17) is 0 Å². The van der Waals surface area contributed by atoms with Gasteiger partial charge < -0.3 is 4.90 Å². The summed E-state index contributed by atoms with van der Waals surface area (Å²) in [6, 6.07) is 5.17. The molecule has 23 heavy (non-hydrogen) atoms. The Bertz CT molecular complexity index is 598. The third kappa shape index (κ3) is 2.68. The van der Waals surface area contributed by atoms with Crippen LogP contribution in [-0.4, -0.2) is 23.9 Å². The molecule has 5 rings (SSSR count). The van der Waals surface area contributed by atoms with Gasteiger partial charge in [-0.25, -0.2) is 4.39 Å². The number of carbonyl (C=O) groups excluding carboxylic acids is 1. The number of amides is 1. The fourth-order valence-electron chi connectivity index (χ4n) is 5.84. The van der Waals surface area contributed by atoms with Crippen LogP contribution in [0.2, 0.25) is 0 Å². The molecule has 0 atom stereocenters. The van der Waals surface area contributed by atoms with Gasteiger partial charge in [0.25, 0.3) is 0 Å². The summed E-state index contributed by atoms with van der Waals surface area (Å²) < 4.78 is 13.2. The average Bonchev–Trinajstić information content (AvgIpc) is 2.48. The molecule has 2 nitrogen and oxygen atoms in total. The summed E-state index contributed by atoms with van der Waals surface area (Å²) in [5.41, 5.74) is 1.82. The Morgan fingerprint density at radius 3 is 2.30 bits per heavy atom. The van der Waals surface area contributed by atoms with E-state index in [0.717, 1.165) is 34.8 Å². The SMILES string of the molecule is Cc1cc(F)ccc1CC(=O)N(C)C1C2CC3CC(C2)CC1C3. The van der Waals surface area contributed by atoms with E-state index in [0.29, 0.717) is 12.5 Å². The van der Waals surface area contributed by atoms with E-state index in [-0.39, 0.29) is 11.7 Å². The lowest BCUT2D eigenvalue weighted by atomic mass is 9.54. The molecule has 1 aromatic rings. The molecule has 0 spiro atoms. The van der Waals surface area contributed by atoms with Crippen LogP contribution in [0.25, 0.3) is 0 Å². The van der Waals surface area contributed by atoms with Crippen molar-refractivity contribution in [1.82, 2.24) is 4.90 Å². The largest absolute Gasteiger partial charge is 0.342 e. The average molecular weight is 315 g/mol. The first-order chi connectivity index (χ1) is 11.0. The van der Waals surface area contributed by atoms with Crippen LogP contribution < -0.4 is 0 Å². The predicted octanol–water partition coefficient (Wildman–Crippen LogP) is 3.96. The van der Waals surface area contributed by atoms with E-state index in [1.807, 2.05) is 18.9 Å². The number of hydrogen-bond acceptors (Lipinski definition) is 1. The number of nitrogens with zero attached hydrogens (tertiary/aromatic N) is 1. The summed E-state index contributed by atoms with van der Waals surface area (Å²) in [5.74, 6) is 3.25. The van der Waals surface area contributed by atoms with Gasteiger partial charge in [-0.2, -0.15) is 0 Å². The highest BCUT2D eigenvalue weighted by atomic mass is 19.1. The van der Waals surface area contributed by atoms with Gasteiger partial charge in [-0.1, -0.05) is 6.07 Å². The first-order valence-electron chi connectivity index (χ1n) is 9.02. The maximum atomic E-state index is 13.2. The van der Waals surface area contributed by atoms with E-state index in [2.05, 4.69) is 0 Å². The van der Waals surface area contributed by atoms with Crippen molar-refractivity contribution in [2.75, 3.05) is 7.05 Å². The molecule has 0 N–H and O–H groups in total. The van der Waals surface area contributed by atoms with Crippen molar-refractivity contribution in [2.24, 2.45) is 23.7 Å². The molecule has 1 aromatic carbocycles. The fraction of sp³-hybridized carbons (Fsp3) is 0.650. The van der Waals surface area contributed by atoms with Gasteiger partial charge in [0.1, 0.15) is 5.82 Å². The molecular weight excluding hydrogens is 289 g/mol. The van der Waals surface area contributed by atoms with Gasteiger partial charge in [-0.3, -0.25) is 4.79 Å². The predicted molar refractivity (Wildman–Crippen MR) is 88.4 cm³/mol. The number of hydrogen-bond donors (Lipinski definition) is 0. The van der Waals surface area contributed by atoms with Crippen molar-refractivity contribution in [1.29, 1.82) is 0 Å². The van der Waals surface area contributed by atoms with Crippen LogP contribution in [0.3, 0.4) is 0 Å². The van der Waals surface area contributed by atoms with Crippen molar-refractivity contribution >= 4 is 5.91 Å². The lowest BCUT2D eigenvalue weighted by molar-refractivity contribution is -0.140. The molecule has 0 saturated heterocycles. The molecule has 0 aromatic heterocycles. The summed E-state index contributed by atoms with van der Waals surface area (Å²) in [4.78, 5) is 14.8. The molecule has 4 fully saturated rings. The summed E-state index contributed by atoms with van der Waals surface area (Å²) >= 11 is 0. The van der Waals surface area contributed by atoms with Crippen LogP contribution in [-0.2, 0) is 11.2 Å². The number of aryl methyl sites for hydroxylation is 1. The molecule has 4 bridgehead atoms. The second-order valence-electron chi connectivity index (χ2n) is 8.17. The molecule has 1 amide bonds. The lowest BCUT2D eigenvalue weighted by Gasteiger charge is -2.56. The van der Waals surface area contributed by atoms with Crippen molar-refractivity contribution in [2.45, 2.75) is 51.5 Å². The number of benzene rings is 1. The summed E-state index contributed by atoms with van der Waals surface area (Å²) in [5, 5.41) is 0.